The van der Waals surface area contributed by atoms with Crippen molar-refractivity contribution in [2.24, 2.45) is 5.92 Å². The molecule has 0 bridgehead atoms. The number of piperidine rings is 1. The van der Waals surface area contributed by atoms with Gasteiger partial charge in [-0.15, -0.1) is 5.10 Å². The number of pyridine rings is 1. The fraction of sp³-hybridized carbons (Fsp3) is 0.250. The lowest BCUT2D eigenvalue weighted by Crippen LogP contribution is -2.22. The summed E-state index contributed by atoms with van der Waals surface area (Å²) < 4.78 is 1.78. The molecule has 0 unspecified atom stereocenters. The van der Waals surface area contributed by atoms with Gasteiger partial charge in [0.2, 0.25) is 6.41 Å². The predicted molar refractivity (Wildman–Crippen MR) is 121 cm³/mol. The fourth-order valence-electron chi connectivity index (χ4n) is 4.18. The summed E-state index contributed by atoms with van der Waals surface area (Å²) in [5, 5.41) is 7.09. The van der Waals surface area contributed by atoms with E-state index in [-0.39, 0.29) is 0 Å². The van der Waals surface area contributed by atoms with Crippen molar-refractivity contribution in [3.05, 3.63) is 72.7 Å². The highest BCUT2D eigenvalue weighted by molar-refractivity contribution is 5.75. The van der Waals surface area contributed by atoms with Gasteiger partial charge in [0.25, 0.3) is 0 Å². The molecule has 156 valence electrons. The number of anilines is 2. The quantitative estimate of drug-likeness (QED) is 0.514. The molecule has 2 aliphatic rings. The molecule has 1 saturated heterocycles. The third-order valence-corrected chi connectivity index (χ3v) is 5.95. The van der Waals surface area contributed by atoms with Crippen LogP contribution in [0, 0.1) is 12.8 Å². The summed E-state index contributed by atoms with van der Waals surface area (Å²) in [4.78, 5) is 21.7. The zero-order valence-electron chi connectivity index (χ0n) is 17.3. The van der Waals surface area contributed by atoms with E-state index < -0.39 is 0 Å². The summed E-state index contributed by atoms with van der Waals surface area (Å²) in [6, 6.07) is 16.5. The number of hydrogen-bond donors (Lipinski definition) is 1. The molecule has 1 saturated carbocycles. The number of aromatic nitrogens is 4. The number of aryl methyl sites for hydroxylation is 1. The molecule has 1 aromatic carbocycles. The number of carbonyl (C=O) groups is 1. The third-order valence-electron chi connectivity index (χ3n) is 5.95. The van der Waals surface area contributed by atoms with Crippen LogP contribution in [0.3, 0.4) is 0 Å². The lowest BCUT2D eigenvalue weighted by atomic mass is 10.1. The van der Waals surface area contributed by atoms with Crippen LogP contribution in [0.2, 0.25) is 0 Å². The van der Waals surface area contributed by atoms with Crippen molar-refractivity contribution >= 4 is 23.4 Å². The zero-order valence-corrected chi connectivity index (χ0v) is 17.3. The summed E-state index contributed by atoms with van der Waals surface area (Å²) >= 11 is 0. The number of carbonyl (C=O) groups excluding carboxylic acids is 1. The summed E-state index contributed by atoms with van der Waals surface area (Å²) in [5.74, 6) is 2.80. The number of fused-ring (bicyclic) bond motifs is 2. The summed E-state index contributed by atoms with van der Waals surface area (Å²) in [6.07, 6.45) is 8.97. The van der Waals surface area contributed by atoms with Gasteiger partial charge in [-0.25, -0.2) is 14.5 Å². The van der Waals surface area contributed by atoms with Crippen LogP contribution < -0.4 is 10.2 Å². The summed E-state index contributed by atoms with van der Waals surface area (Å²) in [5.41, 5.74) is 3.64. The highest BCUT2D eigenvalue weighted by Crippen LogP contribution is 2.45. The van der Waals surface area contributed by atoms with Crippen molar-refractivity contribution in [1.29, 1.82) is 0 Å². The van der Waals surface area contributed by atoms with Gasteiger partial charge >= 0.3 is 0 Å². The Labute approximate surface area is 180 Å². The van der Waals surface area contributed by atoms with Gasteiger partial charge in [0, 0.05) is 36.2 Å². The minimum Gasteiger partial charge on any atom is -0.353 e. The van der Waals surface area contributed by atoms with E-state index in [0.717, 1.165) is 34.3 Å². The molecule has 4 aromatic rings. The molecule has 0 spiro atoms. The van der Waals surface area contributed by atoms with Crippen LogP contribution in [0.4, 0.5) is 11.5 Å². The molecule has 1 aliphatic carbocycles. The molecule has 4 heterocycles. The van der Waals surface area contributed by atoms with Gasteiger partial charge in [0.1, 0.15) is 5.82 Å². The van der Waals surface area contributed by atoms with E-state index in [1.807, 2.05) is 55.7 Å². The Morgan fingerprint density at radius 3 is 2.81 bits per heavy atom. The first-order valence-corrected chi connectivity index (χ1v) is 10.5. The van der Waals surface area contributed by atoms with E-state index in [1.165, 1.54) is 25.2 Å². The second-order valence-corrected chi connectivity index (χ2v) is 7.98. The largest absolute Gasteiger partial charge is 0.353 e. The second-order valence-electron chi connectivity index (χ2n) is 7.98. The molecule has 2 atom stereocenters. The summed E-state index contributed by atoms with van der Waals surface area (Å²) in [6.45, 7) is 3.20. The third kappa shape index (κ3) is 3.99. The number of rotatable bonds is 4. The van der Waals surface area contributed by atoms with Crippen LogP contribution in [-0.4, -0.2) is 38.6 Å². The molecule has 31 heavy (non-hydrogen) atoms. The van der Waals surface area contributed by atoms with Crippen molar-refractivity contribution < 1.29 is 4.79 Å². The molecule has 1 amide bonds. The van der Waals surface area contributed by atoms with E-state index in [1.54, 1.807) is 10.7 Å². The molecule has 1 N–H and O–H groups in total. The first-order chi connectivity index (χ1) is 15.2. The number of nitrogens with one attached hydrogen (secondary N) is 1. The average Bonchev–Trinajstić information content (AvgIpc) is 3.22. The molecule has 2 fully saturated rings. The minimum atomic E-state index is 0.635. The second kappa shape index (κ2) is 8.18. The molecule has 3 aromatic heterocycles. The fourth-order valence-corrected chi connectivity index (χ4v) is 4.18. The van der Waals surface area contributed by atoms with Crippen molar-refractivity contribution in [3.63, 3.8) is 0 Å². The maximum atomic E-state index is 10.5. The molecule has 7 heteroatoms. The standard InChI is InChI=1S/C14H12N4O.C10H12N2/c1-10-4-5-11(16-9-19)7-13(10)14-15-8-12-3-2-6-18(12)17-14;1-2-5-11-10(3-1)12-6-4-8-7-9(8)12/h2-9H,1H3,(H,16,19);1-3,5,8-9H,4,6-7H2/t;8-,9+/m.0/s1. The molecular formula is C24H24N6O. The minimum absolute atomic E-state index is 0.635. The van der Waals surface area contributed by atoms with E-state index in [4.69, 9.17) is 0 Å². The van der Waals surface area contributed by atoms with Gasteiger partial charge in [-0.05, 0) is 67.6 Å². The predicted octanol–water partition coefficient (Wildman–Crippen LogP) is 3.95. The van der Waals surface area contributed by atoms with Crippen LogP contribution in [-0.2, 0) is 4.79 Å². The van der Waals surface area contributed by atoms with Crippen molar-refractivity contribution in [2.45, 2.75) is 25.8 Å². The maximum absolute atomic E-state index is 10.5. The number of benzene rings is 1. The highest BCUT2D eigenvalue weighted by atomic mass is 16.1. The van der Waals surface area contributed by atoms with Crippen molar-refractivity contribution in [2.75, 3.05) is 16.8 Å². The van der Waals surface area contributed by atoms with Crippen LogP contribution in [0.25, 0.3) is 16.9 Å². The Bertz CT molecular complexity index is 1210. The molecule has 0 radical (unpaired) electrons. The molecule has 7 nitrogen and oxygen atoms in total. The molecular weight excluding hydrogens is 388 g/mol. The Hall–Kier alpha value is -3.74. The highest BCUT2D eigenvalue weighted by Gasteiger charge is 2.47. The smallest absolute Gasteiger partial charge is 0.211 e. The van der Waals surface area contributed by atoms with E-state index in [9.17, 15) is 4.79 Å². The average molecular weight is 412 g/mol. The van der Waals surface area contributed by atoms with Crippen LogP contribution in [0.15, 0.2) is 67.1 Å². The van der Waals surface area contributed by atoms with Crippen molar-refractivity contribution in [1.82, 2.24) is 19.6 Å². The van der Waals surface area contributed by atoms with Crippen molar-refractivity contribution in [3.8, 4) is 11.4 Å². The van der Waals surface area contributed by atoms with Gasteiger partial charge in [0.05, 0.1) is 11.7 Å². The van der Waals surface area contributed by atoms with Gasteiger partial charge < -0.3 is 10.2 Å². The van der Waals surface area contributed by atoms with Gasteiger partial charge in [-0.3, -0.25) is 4.79 Å². The number of hydrogen-bond acceptors (Lipinski definition) is 5. The Morgan fingerprint density at radius 2 is 2.06 bits per heavy atom. The number of nitrogens with zero attached hydrogens (tertiary/aromatic N) is 5. The maximum Gasteiger partial charge on any atom is 0.211 e. The lowest BCUT2D eigenvalue weighted by molar-refractivity contribution is -0.105. The van der Waals surface area contributed by atoms with Crippen LogP contribution >= 0.6 is 0 Å². The zero-order chi connectivity index (χ0) is 21.2. The van der Waals surface area contributed by atoms with E-state index in [0.29, 0.717) is 12.2 Å². The first kappa shape index (κ1) is 19.2. The molecule has 6 rings (SSSR count). The number of amides is 1. The summed E-state index contributed by atoms with van der Waals surface area (Å²) in [7, 11) is 0. The monoisotopic (exact) mass is 412 g/mol. The Morgan fingerprint density at radius 1 is 1.13 bits per heavy atom. The Balaban J connectivity index is 0.000000145. The van der Waals surface area contributed by atoms with Gasteiger partial charge in [0.15, 0.2) is 5.82 Å². The van der Waals surface area contributed by atoms with Gasteiger partial charge in [-0.1, -0.05) is 12.1 Å². The normalized spacial score (nSPS) is 18.8. The first-order valence-electron chi connectivity index (χ1n) is 10.5. The van der Waals surface area contributed by atoms with E-state index >= 15 is 0 Å². The van der Waals surface area contributed by atoms with Crippen LogP contribution in [0.5, 0.6) is 0 Å². The topological polar surface area (TPSA) is 75.4 Å². The molecule has 1 aliphatic heterocycles. The Kier molecular flexibility index (Phi) is 5.08. The van der Waals surface area contributed by atoms with E-state index in [2.05, 4.69) is 37.4 Å². The van der Waals surface area contributed by atoms with Gasteiger partial charge in [-0.2, -0.15) is 0 Å². The lowest BCUT2D eigenvalue weighted by Gasteiger charge is -2.18. The van der Waals surface area contributed by atoms with Crippen LogP contribution in [0.1, 0.15) is 18.4 Å². The SMILES string of the molecule is Cc1ccc(NC=O)cc1-c1ncc2cccn2n1.c1ccc(N2CC[C@H]3C[C@H]32)nc1.